The number of benzene rings is 3. The maximum atomic E-state index is 14.3. The van der Waals surface area contributed by atoms with Gasteiger partial charge in [0.15, 0.2) is 0 Å². The molecular weight excluding hydrogens is 1260 g/mol. The maximum absolute atomic E-state index is 14.3. The van der Waals surface area contributed by atoms with Crippen LogP contribution in [-0.4, -0.2) is 238 Å². The lowest BCUT2D eigenvalue weighted by molar-refractivity contribution is -0.141. The van der Waals surface area contributed by atoms with Crippen LogP contribution >= 0.6 is 0 Å². The summed E-state index contributed by atoms with van der Waals surface area (Å²) in [6, 6.07) is 16.5. The van der Waals surface area contributed by atoms with Gasteiger partial charge in [-0.05, 0) is 130 Å². The predicted octanol–water partition coefficient (Wildman–Crippen LogP) is 3.49. The van der Waals surface area contributed by atoms with Gasteiger partial charge in [-0.2, -0.15) is 0 Å². The first-order valence-electron chi connectivity index (χ1n) is 33.7. The molecule has 0 radical (unpaired) electrons. The van der Waals surface area contributed by atoms with Crippen molar-refractivity contribution in [3.8, 4) is 0 Å². The second-order valence-electron chi connectivity index (χ2n) is 26.1. The summed E-state index contributed by atoms with van der Waals surface area (Å²) >= 11 is 0. The second-order valence-corrected chi connectivity index (χ2v) is 26.1. The topological polar surface area (TPSA) is 411 Å². The van der Waals surface area contributed by atoms with Gasteiger partial charge in [0.05, 0.1) is 32.1 Å². The number of hydrogen-bond acceptors (Lipinski definition) is 16. The normalized spacial score (nSPS) is 17.7. The molecule has 2 fully saturated rings. The molecule has 1 saturated carbocycles. The SMILES string of the molecule is CC(C)Cc1ccc(C(C)C(=O)NCCCCC(NC(=O)CN2CCN(CC(=O)O)CCN(CC(=O)O)CCN(CC(=O)O)CC2)C(=O)NCC2CCC(C(=O)CC(Cc3ccc4ccccc4c3)C(=O)NCCCCC(NC(=O)NC(CCC(=O)O)C(=O)O)C(=O)O)CC2)cc1. The van der Waals surface area contributed by atoms with E-state index in [-0.39, 0.29) is 153 Å². The standard InChI is InChI=1S/C69H100N10O18/c1-45(2)36-47-14-19-50(20-15-47)46(3)64(90)70-26-8-6-12-55(73-59(81)41-76-28-30-77(42-61(84)85)32-34-79(44-63(88)89)35-33-78(31-29-76)43-62(86)87)66(92)72-40-48-16-22-52(23-17-48)58(80)39-54(38-49-18-21-51-10-4-5-11-53(51)37-49)65(91)71-27-9-7-13-56(67(93)94)74-69(97)75-57(68(95)96)24-25-60(82)83/h4-5,10-11,14-15,18-21,37,45-46,48,52,54-57H,6-9,12-13,16-17,22-36,38-44H2,1-3H3,(H,70,90)(H,71,91)(H,72,92)(H,73,81)(H,82,83)(H,84,85)(H,86,87)(H,88,89)(H,93,94)(H,95,96)(H2,74,75,97). The highest BCUT2D eigenvalue weighted by atomic mass is 16.4. The summed E-state index contributed by atoms with van der Waals surface area (Å²) in [6.45, 7) is 7.10. The van der Waals surface area contributed by atoms with Gasteiger partial charge >= 0.3 is 41.8 Å². The Morgan fingerprint density at radius 2 is 0.959 bits per heavy atom. The first-order valence-corrected chi connectivity index (χ1v) is 33.7. The molecule has 0 spiro atoms. The molecule has 1 heterocycles. The molecule has 97 heavy (non-hydrogen) atoms. The van der Waals surface area contributed by atoms with E-state index in [0.29, 0.717) is 57.4 Å². The molecule has 534 valence electrons. The van der Waals surface area contributed by atoms with Crippen LogP contribution < -0.4 is 31.9 Å². The fourth-order valence-corrected chi connectivity index (χ4v) is 12.2. The lowest BCUT2D eigenvalue weighted by atomic mass is 9.77. The van der Waals surface area contributed by atoms with E-state index in [1.807, 2.05) is 73.7 Å². The number of carbonyl (C=O) groups excluding carboxylic acids is 6. The van der Waals surface area contributed by atoms with Crippen molar-refractivity contribution in [1.29, 1.82) is 0 Å². The van der Waals surface area contributed by atoms with Crippen molar-refractivity contribution in [1.82, 2.24) is 51.5 Å². The van der Waals surface area contributed by atoms with Gasteiger partial charge < -0.3 is 62.5 Å². The Kier molecular flexibility index (Phi) is 33.8. The van der Waals surface area contributed by atoms with Crippen LogP contribution in [0, 0.1) is 23.7 Å². The highest BCUT2D eigenvalue weighted by Gasteiger charge is 2.33. The van der Waals surface area contributed by atoms with Gasteiger partial charge in [-0.15, -0.1) is 0 Å². The summed E-state index contributed by atoms with van der Waals surface area (Å²) in [5.74, 6) is -10.0. The van der Waals surface area contributed by atoms with E-state index in [9.17, 15) is 83.1 Å². The van der Waals surface area contributed by atoms with Gasteiger partial charge in [0.1, 0.15) is 23.9 Å². The van der Waals surface area contributed by atoms with Gasteiger partial charge in [-0.1, -0.05) is 80.6 Å². The monoisotopic (exact) mass is 1360 g/mol. The summed E-state index contributed by atoms with van der Waals surface area (Å²) in [7, 11) is 0. The summed E-state index contributed by atoms with van der Waals surface area (Å²) in [5.41, 5.74) is 2.91. The molecule has 5 rings (SSSR count). The van der Waals surface area contributed by atoms with Gasteiger partial charge in [-0.3, -0.25) is 62.8 Å². The molecule has 1 saturated heterocycles. The van der Waals surface area contributed by atoms with E-state index in [1.165, 1.54) is 5.56 Å². The minimum atomic E-state index is -1.57. The van der Waals surface area contributed by atoms with E-state index in [4.69, 9.17) is 5.11 Å². The lowest BCUT2D eigenvalue weighted by Gasteiger charge is -2.33. The van der Waals surface area contributed by atoms with Crippen LogP contribution in [0.15, 0.2) is 66.7 Å². The average Bonchev–Trinajstić information content (AvgIpc) is 0.853. The fraction of sp³-hybridized carbons (Fsp3) is 0.594. The third-order valence-corrected chi connectivity index (χ3v) is 17.8. The van der Waals surface area contributed by atoms with E-state index < -0.39 is 96.5 Å². The summed E-state index contributed by atoms with van der Waals surface area (Å²) in [5, 5.41) is 75.3. The van der Waals surface area contributed by atoms with Gasteiger partial charge in [0, 0.05) is 96.7 Å². The Morgan fingerprint density at radius 3 is 1.46 bits per heavy atom. The number of nitrogens with zero attached hydrogens (tertiary/aromatic N) is 4. The molecule has 0 bridgehead atoms. The molecule has 5 atom stereocenters. The Morgan fingerprint density at radius 1 is 0.474 bits per heavy atom. The number of Topliss-reactive ketones (excluding diaryl/α,β-unsaturated/α-hetero) is 1. The molecule has 3 aromatic rings. The third kappa shape index (κ3) is 30.2. The molecule has 2 aliphatic rings. The number of hydrogen-bond donors (Lipinski definition) is 12. The average molecular weight is 1360 g/mol. The number of urea groups is 1. The van der Waals surface area contributed by atoms with E-state index >= 15 is 0 Å². The summed E-state index contributed by atoms with van der Waals surface area (Å²) < 4.78 is 0. The molecule has 28 nitrogen and oxygen atoms in total. The van der Waals surface area contributed by atoms with Crippen LogP contribution in [0.3, 0.4) is 0 Å². The number of nitrogens with one attached hydrogen (secondary N) is 6. The fourth-order valence-electron chi connectivity index (χ4n) is 12.2. The van der Waals surface area contributed by atoms with Crippen LogP contribution in [0.1, 0.15) is 127 Å². The van der Waals surface area contributed by atoms with Crippen molar-refractivity contribution in [2.75, 3.05) is 98.2 Å². The van der Waals surface area contributed by atoms with Gasteiger partial charge in [0.2, 0.25) is 23.6 Å². The number of amides is 6. The van der Waals surface area contributed by atoms with Crippen molar-refractivity contribution in [3.05, 3.63) is 83.4 Å². The minimum absolute atomic E-state index is 0.0264. The van der Waals surface area contributed by atoms with Crippen LogP contribution in [0.5, 0.6) is 0 Å². The largest absolute Gasteiger partial charge is 0.481 e. The number of rotatable bonds is 39. The second kappa shape index (κ2) is 41.5. The van der Waals surface area contributed by atoms with E-state index in [2.05, 4.69) is 45.7 Å². The number of aliphatic carboxylic acids is 6. The van der Waals surface area contributed by atoms with Crippen LogP contribution in [0.4, 0.5) is 4.79 Å². The van der Waals surface area contributed by atoms with Gasteiger partial charge in [0.25, 0.3) is 0 Å². The van der Waals surface area contributed by atoms with E-state index in [1.54, 1.807) is 19.6 Å². The van der Waals surface area contributed by atoms with E-state index in [0.717, 1.165) is 28.3 Å². The number of carboxylic acids is 6. The summed E-state index contributed by atoms with van der Waals surface area (Å²) in [4.78, 5) is 159. The number of fused-ring (bicyclic) bond motifs is 1. The first kappa shape index (κ1) is 79.1. The van der Waals surface area contributed by atoms with Crippen molar-refractivity contribution in [2.45, 2.75) is 141 Å². The number of unbranched alkanes of at least 4 members (excludes halogenated alkanes) is 2. The lowest BCUT2D eigenvalue weighted by Crippen LogP contribution is -2.52. The first-order chi connectivity index (χ1) is 46.2. The maximum Gasteiger partial charge on any atom is 0.326 e. The summed E-state index contributed by atoms with van der Waals surface area (Å²) in [6.07, 6.45) is 3.88. The molecule has 6 amide bonds. The van der Waals surface area contributed by atoms with Crippen molar-refractivity contribution in [2.24, 2.45) is 23.7 Å². The Balaban J connectivity index is 1.21. The zero-order chi connectivity index (χ0) is 71.0. The van der Waals surface area contributed by atoms with Crippen LogP contribution in [-0.2, 0) is 65.6 Å². The predicted molar refractivity (Wildman–Crippen MR) is 358 cm³/mol. The minimum Gasteiger partial charge on any atom is -0.481 e. The molecule has 28 heteroatoms. The highest BCUT2D eigenvalue weighted by molar-refractivity contribution is 5.90. The van der Waals surface area contributed by atoms with Crippen LogP contribution in [0.25, 0.3) is 10.8 Å². The number of carbonyl (C=O) groups is 12. The van der Waals surface area contributed by atoms with Crippen LogP contribution in [0.2, 0.25) is 0 Å². The Hall–Kier alpha value is -8.60. The molecule has 0 aromatic heterocycles. The van der Waals surface area contributed by atoms with Gasteiger partial charge in [-0.25, -0.2) is 14.4 Å². The molecule has 5 unspecified atom stereocenters. The van der Waals surface area contributed by atoms with Crippen molar-refractivity contribution >= 4 is 82.0 Å². The molecule has 1 aliphatic carbocycles. The van der Waals surface area contributed by atoms with Crippen molar-refractivity contribution in [3.63, 3.8) is 0 Å². The van der Waals surface area contributed by atoms with Crippen molar-refractivity contribution < 1.29 is 88.2 Å². The smallest absolute Gasteiger partial charge is 0.326 e. The zero-order valence-electron chi connectivity index (χ0n) is 56.1. The zero-order valence-corrected chi connectivity index (χ0v) is 56.1. The number of ketones is 1. The molecular formula is C69H100N10O18. The Labute approximate surface area is 566 Å². The molecule has 3 aromatic carbocycles. The highest BCUT2D eigenvalue weighted by Crippen LogP contribution is 2.32. The quantitative estimate of drug-likeness (QED) is 0.0364. The number of carboxylic acid groups (broad SMARTS) is 6. The molecule has 12 N–H and O–H groups in total. The molecule has 1 aliphatic heterocycles. The third-order valence-electron chi connectivity index (χ3n) is 17.8. The Bertz CT molecular complexity index is 3090.